The minimum Gasteiger partial charge on any atom is -0.481 e. The zero-order valence-electron chi connectivity index (χ0n) is 10.9. The van der Waals surface area contributed by atoms with Gasteiger partial charge in [0.15, 0.2) is 0 Å². The third kappa shape index (κ3) is 5.49. The summed E-state index contributed by atoms with van der Waals surface area (Å²) in [5, 5.41) is 21.5. The molecule has 18 heavy (non-hydrogen) atoms. The van der Waals surface area contributed by atoms with Gasteiger partial charge in [-0.3, -0.25) is 9.59 Å². The molecule has 1 saturated carbocycles. The van der Waals surface area contributed by atoms with Gasteiger partial charge in [0.05, 0.1) is 5.60 Å². The molecular formula is C13H23NO4. The maximum atomic E-state index is 11.6. The molecule has 0 aromatic rings. The monoisotopic (exact) mass is 257 g/mol. The Kier molecular flexibility index (Phi) is 5.59. The van der Waals surface area contributed by atoms with Crippen LogP contribution in [0.25, 0.3) is 0 Å². The Hall–Kier alpha value is -1.10. The Morgan fingerprint density at radius 2 is 1.83 bits per heavy atom. The van der Waals surface area contributed by atoms with Crippen LogP contribution in [-0.4, -0.2) is 34.2 Å². The molecule has 1 aliphatic rings. The summed E-state index contributed by atoms with van der Waals surface area (Å²) in [5.74, 6) is -1.24. The molecule has 0 spiro atoms. The average molecular weight is 257 g/mol. The Balaban J connectivity index is 2.25. The molecule has 0 aromatic carbocycles. The highest BCUT2D eigenvalue weighted by Gasteiger charge is 2.29. The van der Waals surface area contributed by atoms with Crippen molar-refractivity contribution in [3.8, 4) is 0 Å². The molecule has 1 aliphatic carbocycles. The second-order valence-electron chi connectivity index (χ2n) is 5.47. The highest BCUT2D eigenvalue weighted by atomic mass is 16.4. The van der Waals surface area contributed by atoms with Crippen molar-refractivity contribution in [3.05, 3.63) is 0 Å². The van der Waals surface area contributed by atoms with Crippen LogP contribution < -0.4 is 5.32 Å². The van der Waals surface area contributed by atoms with Crippen LogP contribution in [0.4, 0.5) is 0 Å². The molecule has 0 aliphatic heterocycles. The average Bonchev–Trinajstić information content (AvgIpc) is 2.26. The number of carboxylic acid groups (broad SMARTS) is 1. The third-order valence-corrected chi connectivity index (χ3v) is 3.46. The zero-order chi connectivity index (χ0) is 13.6. The summed E-state index contributed by atoms with van der Waals surface area (Å²) in [6, 6.07) is 0. The highest BCUT2D eigenvalue weighted by Crippen LogP contribution is 2.27. The van der Waals surface area contributed by atoms with Gasteiger partial charge >= 0.3 is 5.97 Å². The first-order chi connectivity index (χ1) is 8.41. The first kappa shape index (κ1) is 15.0. The van der Waals surface area contributed by atoms with E-state index in [1.165, 1.54) is 0 Å². The molecule has 0 heterocycles. The van der Waals surface area contributed by atoms with E-state index in [2.05, 4.69) is 5.32 Å². The number of hydrogen-bond donors (Lipinski definition) is 3. The van der Waals surface area contributed by atoms with Gasteiger partial charge in [-0.1, -0.05) is 26.2 Å². The zero-order valence-corrected chi connectivity index (χ0v) is 10.9. The lowest BCUT2D eigenvalue weighted by Crippen LogP contribution is -2.44. The first-order valence-electron chi connectivity index (χ1n) is 6.62. The van der Waals surface area contributed by atoms with Crippen LogP contribution in [0.1, 0.15) is 51.9 Å². The minimum absolute atomic E-state index is 0.00229. The smallest absolute Gasteiger partial charge is 0.303 e. The number of hydrogen-bond acceptors (Lipinski definition) is 3. The van der Waals surface area contributed by atoms with Gasteiger partial charge in [0, 0.05) is 19.4 Å². The van der Waals surface area contributed by atoms with Crippen molar-refractivity contribution in [2.45, 2.75) is 57.5 Å². The van der Waals surface area contributed by atoms with E-state index in [1.807, 2.05) is 0 Å². The van der Waals surface area contributed by atoms with Crippen molar-refractivity contribution < 1.29 is 19.8 Å². The number of amides is 1. The summed E-state index contributed by atoms with van der Waals surface area (Å²) in [7, 11) is 0. The van der Waals surface area contributed by atoms with Crippen LogP contribution in [0.15, 0.2) is 0 Å². The predicted octanol–water partition coefficient (Wildman–Crippen LogP) is 1.30. The fourth-order valence-corrected chi connectivity index (χ4v) is 2.41. The summed E-state index contributed by atoms with van der Waals surface area (Å²) < 4.78 is 0. The number of aliphatic hydroxyl groups is 1. The largest absolute Gasteiger partial charge is 0.481 e. The van der Waals surface area contributed by atoms with E-state index in [-0.39, 0.29) is 31.2 Å². The molecule has 0 radical (unpaired) electrons. The summed E-state index contributed by atoms with van der Waals surface area (Å²) in [4.78, 5) is 22.1. The number of carbonyl (C=O) groups is 2. The van der Waals surface area contributed by atoms with Gasteiger partial charge in [0.1, 0.15) is 0 Å². The second kappa shape index (κ2) is 6.73. The second-order valence-corrected chi connectivity index (χ2v) is 5.47. The van der Waals surface area contributed by atoms with Crippen LogP contribution >= 0.6 is 0 Å². The molecule has 104 valence electrons. The van der Waals surface area contributed by atoms with E-state index < -0.39 is 11.6 Å². The highest BCUT2D eigenvalue weighted by molar-refractivity contribution is 5.77. The molecule has 0 saturated heterocycles. The Morgan fingerprint density at radius 3 is 2.39 bits per heavy atom. The van der Waals surface area contributed by atoms with Gasteiger partial charge in [-0.15, -0.1) is 0 Å². The van der Waals surface area contributed by atoms with Crippen LogP contribution in [0.5, 0.6) is 0 Å². The maximum Gasteiger partial charge on any atom is 0.303 e. The van der Waals surface area contributed by atoms with Gasteiger partial charge in [0.2, 0.25) is 5.91 Å². The maximum absolute atomic E-state index is 11.6. The fraction of sp³-hybridized carbons (Fsp3) is 0.846. The molecule has 1 rings (SSSR count). The normalized spacial score (nSPS) is 20.1. The standard InChI is InChI=1S/C13H23NO4/c1-10(8-12(16)17)7-11(15)14-9-13(18)5-3-2-4-6-13/h10,18H,2-9H2,1H3,(H,14,15)(H,16,17). The van der Waals surface area contributed by atoms with E-state index in [0.717, 1.165) is 32.1 Å². The molecule has 3 N–H and O–H groups in total. The quantitative estimate of drug-likeness (QED) is 0.669. The number of rotatable bonds is 6. The summed E-state index contributed by atoms with van der Waals surface area (Å²) in [5.41, 5.74) is -0.760. The molecule has 1 unspecified atom stereocenters. The van der Waals surface area contributed by atoms with Crippen molar-refractivity contribution >= 4 is 11.9 Å². The van der Waals surface area contributed by atoms with Gasteiger partial charge in [0.25, 0.3) is 0 Å². The molecule has 1 amide bonds. The lowest BCUT2D eigenvalue weighted by molar-refractivity contribution is -0.138. The number of carbonyl (C=O) groups excluding carboxylic acids is 1. The van der Waals surface area contributed by atoms with E-state index in [1.54, 1.807) is 6.92 Å². The van der Waals surface area contributed by atoms with Gasteiger partial charge < -0.3 is 15.5 Å². The van der Waals surface area contributed by atoms with Crippen molar-refractivity contribution in [1.82, 2.24) is 5.32 Å². The van der Waals surface area contributed by atoms with Crippen molar-refractivity contribution in [3.63, 3.8) is 0 Å². The van der Waals surface area contributed by atoms with E-state index in [0.29, 0.717) is 0 Å². The van der Waals surface area contributed by atoms with Crippen molar-refractivity contribution in [2.75, 3.05) is 6.54 Å². The van der Waals surface area contributed by atoms with Gasteiger partial charge in [-0.25, -0.2) is 0 Å². The van der Waals surface area contributed by atoms with Crippen LogP contribution in [0.2, 0.25) is 0 Å². The Labute approximate surface area is 108 Å². The molecular weight excluding hydrogens is 234 g/mol. The Bertz CT molecular complexity index is 297. The van der Waals surface area contributed by atoms with E-state index >= 15 is 0 Å². The van der Waals surface area contributed by atoms with Crippen molar-refractivity contribution in [1.29, 1.82) is 0 Å². The van der Waals surface area contributed by atoms with E-state index in [4.69, 9.17) is 5.11 Å². The summed E-state index contributed by atoms with van der Waals surface area (Å²) in [6.07, 6.45) is 4.81. The minimum atomic E-state index is -0.888. The van der Waals surface area contributed by atoms with Gasteiger partial charge in [-0.2, -0.15) is 0 Å². The number of carboxylic acids is 1. The SMILES string of the molecule is CC(CC(=O)O)CC(=O)NCC1(O)CCCCC1. The van der Waals surface area contributed by atoms with Crippen molar-refractivity contribution in [2.24, 2.45) is 5.92 Å². The lowest BCUT2D eigenvalue weighted by Gasteiger charge is -2.32. The van der Waals surface area contributed by atoms with Crippen LogP contribution in [-0.2, 0) is 9.59 Å². The molecule has 0 bridgehead atoms. The number of aliphatic carboxylic acids is 1. The number of nitrogens with one attached hydrogen (secondary N) is 1. The lowest BCUT2D eigenvalue weighted by atomic mass is 9.85. The van der Waals surface area contributed by atoms with E-state index in [9.17, 15) is 14.7 Å². The summed E-state index contributed by atoms with van der Waals surface area (Å²) >= 11 is 0. The predicted molar refractivity (Wildman–Crippen MR) is 67.1 cm³/mol. The third-order valence-electron chi connectivity index (χ3n) is 3.46. The van der Waals surface area contributed by atoms with Gasteiger partial charge in [-0.05, 0) is 18.8 Å². The molecule has 0 aromatic heterocycles. The topological polar surface area (TPSA) is 86.6 Å². The summed E-state index contributed by atoms with van der Waals surface area (Å²) in [6.45, 7) is 2.02. The molecule has 5 heteroatoms. The van der Waals surface area contributed by atoms with Crippen LogP contribution in [0, 0.1) is 5.92 Å². The van der Waals surface area contributed by atoms with Crippen LogP contribution in [0.3, 0.4) is 0 Å². The first-order valence-corrected chi connectivity index (χ1v) is 6.62. The molecule has 5 nitrogen and oxygen atoms in total. The fourth-order valence-electron chi connectivity index (χ4n) is 2.41. The molecule has 1 atom stereocenters. The molecule has 1 fully saturated rings. The Morgan fingerprint density at radius 1 is 1.22 bits per heavy atom.